The lowest BCUT2D eigenvalue weighted by Gasteiger charge is -2.36. The van der Waals surface area contributed by atoms with Crippen LogP contribution in [0.3, 0.4) is 0 Å². The van der Waals surface area contributed by atoms with Crippen LogP contribution in [0.1, 0.15) is 17.6 Å². The van der Waals surface area contributed by atoms with Gasteiger partial charge < -0.3 is 9.91 Å². The van der Waals surface area contributed by atoms with Gasteiger partial charge in [-0.3, -0.25) is 4.79 Å². The van der Waals surface area contributed by atoms with E-state index in [9.17, 15) is 4.79 Å². The summed E-state index contributed by atoms with van der Waals surface area (Å²) in [6.07, 6.45) is 0. The van der Waals surface area contributed by atoms with Crippen LogP contribution in [0.2, 0.25) is 0 Å². The Labute approximate surface area is 132 Å². The first kappa shape index (κ1) is 14.5. The van der Waals surface area contributed by atoms with Gasteiger partial charge >= 0.3 is 0 Å². The van der Waals surface area contributed by atoms with Crippen molar-refractivity contribution in [1.82, 2.24) is 14.6 Å². The second kappa shape index (κ2) is 5.77. The molecule has 1 aromatic heterocycles. The summed E-state index contributed by atoms with van der Waals surface area (Å²) in [5, 5.41) is 2.78. The van der Waals surface area contributed by atoms with E-state index in [2.05, 4.69) is 32.9 Å². The van der Waals surface area contributed by atoms with Crippen LogP contribution in [0.15, 0.2) is 29.1 Å². The van der Waals surface area contributed by atoms with E-state index in [4.69, 9.17) is 4.98 Å². The zero-order chi connectivity index (χ0) is 15.0. The predicted molar refractivity (Wildman–Crippen MR) is 88.8 cm³/mol. The highest BCUT2D eigenvalue weighted by molar-refractivity contribution is 9.09. The minimum absolute atomic E-state index is 0.0199. The van der Waals surface area contributed by atoms with Crippen LogP contribution in [0.5, 0.6) is 0 Å². The van der Waals surface area contributed by atoms with E-state index in [1.165, 1.54) is 0 Å². The zero-order valence-electron chi connectivity index (χ0n) is 12.3. The maximum absolute atomic E-state index is 12.9. The molecular formula is C15H19BrN4O. The summed E-state index contributed by atoms with van der Waals surface area (Å²) < 4.78 is 1.76. The third-order valence-corrected chi connectivity index (χ3v) is 4.31. The van der Waals surface area contributed by atoms with Crippen molar-refractivity contribution in [3.05, 3.63) is 40.4 Å². The highest BCUT2D eigenvalue weighted by Gasteiger charge is 2.21. The number of alkyl halides is 1. The van der Waals surface area contributed by atoms with Gasteiger partial charge in [0, 0.05) is 26.2 Å². The summed E-state index contributed by atoms with van der Waals surface area (Å²) in [5.41, 5.74) is 0.778. The van der Waals surface area contributed by atoms with Gasteiger partial charge in [0.2, 0.25) is 0 Å². The third kappa shape index (κ3) is 2.70. The van der Waals surface area contributed by atoms with E-state index < -0.39 is 0 Å². The zero-order valence-corrected chi connectivity index (χ0v) is 13.9. The van der Waals surface area contributed by atoms with Gasteiger partial charge in [0.15, 0.2) is 0 Å². The summed E-state index contributed by atoms with van der Waals surface area (Å²) in [7, 11) is 2.10. The fraction of sp³-hybridized carbons (Fsp3) is 0.467. The molecule has 0 N–H and O–H groups in total. The summed E-state index contributed by atoms with van der Waals surface area (Å²) in [6, 6.07) is 7.54. The van der Waals surface area contributed by atoms with Crippen molar-refractivity contribution < 1.29 is 0 Å². The normalized spacial score (nSPS) is 18.1. The lowest BCUT2D eigenvalue weighted by molar-refractivity contribution is 0.283. The van der Waals surface area contributed by atoms with Crippen LogP contribution in [-0.2, 0) is 0 Å². The second-order valence-corrected chi connectivity index (χ2v) is 6.85. The predicted octanol–water partition coefficient (Wildman–Crippen LogP) is 1.74. The number of likely N-dealkylation sites (N-methyl/N-ethyl adjacent to an activating group) is 1. The molecule has 6 heteroatoms. The van der Waals surface area contributed by atoms with Crippen molar-refractivity contribution in [2.45, 2.75) is 11.8 Å². The van der Waals surface area contributed by atoms with Gasteiger partial charge in [-0.1, -0.05) is 28.1 Å². The Morgan fingerprint density at radius 1 is 1.19 bits per heavy atom. The molecule has 3 rings (SSSR count). The maximum atomic E-state index is 12.9. The molecule has 1 aliphatic heterocycles. The number of halogens is 1. The molecular weight excluding hydrogens is 332 g/mol. The largest absolute Gasteiger partial charge is 0.306 e. The van der Waals surface area contributed by atoms with Crippen LogP contribution < -0.4 is 10.6 Å². The Bertz CT molecular complexity index is 704. The van der Waals surface area contributed by atoms with Gasteiger partial charge in [-0.2, -0.15) is 0 Å². The molecule has 0 radical (unpaired) electrons. The molecule has 1 unspecified atom stereocenters. The monoisotopic (exact) mass is 350 g/mol. The van der Waals surface area contributed by atoms with Gasteiger partial charge in [0.1, 0.15) is 5.82 Å². The Morgan fingerprint density at radius 2 is 1.86 bits per heavy atom. The van der Waals surface area contributed by atoms with Crippen LogP contribution in [0, 0.1) is 0 Å². The maximum Gasteiger partial charge on any atom is 0.280 e. The molecule has 112 valence electrons. The minimum Gasteiger partial charge on any atom is -0.306 e. The van der Waals surface area contributed by atoms with Gasteiger partial charge in [-0.15, -0.1) is 0 Å². The Morgan fingerprint density at radius 3 is 2.52 bits per heavy atom. The van der Waals surface area contributed by atoms with Crippen molar-refractivity contribution in [2.24, 2.45) is 0 Å². The van der Waals surface area contributed by atoms with E-state index in [1.807, 2.05) is 31.2 Å². The van der Waals surface area contributed by atoms with Crippen molar-refractivity contribution in [3.8, 4) is 0 Å². The lowest BCUT2D eigenvalue weighted by Crippen LogP contribution is -2.54. The quantitative estimate of drug-likeness (QED) is 0.773. The number of hydrogen-bond donors (Lipinski definition) is 0. The molecule has 1 saturated heterocycles. The number of nitrogens with zero attached hydrogens (tertiary/aromatic N) is 4. The molecule has 0 spiro atoms. The van der Waals surface area contributed by atoms with Crippen molar-refractivity contribution in [1.29, 1.82) is 0 Å². The van der Waals surface area contributed by atoms with E-state index in [0.29, 0.717) is 5.39 Å². The van der Waals surface area contributed by atoms with E-state index in [1.54, 1.807) is 4.68 Å². The van der Waals surface area contributed by atoms with Gasteiger partial charge in [0.05, 0.1) is 15.7 Å². The average Bonchev–Trinajstić information content (AvgIpc) is 2.48. The molecule has 2 heterocycles. The van der Waals surface area contributed by atoms with Crippen LogP contribution >= 0.6 is 15.9 Å². The summed E-state index contributed by atoms with van der Waals surface area (Å²) in [5.74, 6) is 0.767. The number of para-hydroxylation sites is 1. The first-order valence-corrected chi connectivity index (χ1v) is 8.09. The molecule has 0 saturated carbocycles. The highest BCUT2D eigenvalue weighted by Crippen LogP contribution is 2.21. The van der Waals surface area contributed by atoms with Crippen LogP contribution in [0.25, 0.3) is 10.9 Å². The Balaban J connectivity index is 2.17. The first-order valence-electron chi connectivity index (χ1n) is 7.17. The second-order valence-electron chi connectivity index (χ2n) is 5.48. The van der Waals surface area contributed by atoms with Crippen molar-refractivity contribution in [2.75, 3.05) is 38.2 Å². The molecule has 1 aliphatic rings. The van der Waals surface area contributed by atoms with Gasteiger partial charge in [-0.25, -0.2) is 9.66 Å². The number of benzene rings is 1. The molecule has 0 amide bonds. The average molecular weight is 351 g/mol. The number of aromatic nitrogens is 2. The topological polar surface area (TPSA) is 41.4 Å². The van der Waals surface area contributed by atoms with E-state index >= 15 is 0 Å². The number of rotatable bonds is 2. The first-order chi connectivity index (χ1) is 10.1. The van der Waals surface area contributed by atoms with Gasteiger partial charge in [0.25, 0.3) is 5.56 Å². The summed E-state index contributed by atoms with van der Waals surface area (Å²) in [4.78, 5) is 19.9. The molecule has 1 fully saturated rings. The Kier molecular flexibility index (Phi) is 3.99. The summed E-state index contributed by atoms with van der Waals surface area (Å²) >= 11 is 3.57. The number of piperazine rings is 1. The highest BCUT2D eigenvalue weighted by atomic mass is 79.9. The molecule has 0 aliphatic carbocycles. The molecule has 1 atom stereocenters. The molecule has 21 heavy (non-hydrogen) atoms. The molecule has 2 aromatic rings. The standard InChI is InChI=1S/C15H19BrN4O/c1-11(16)14-17-13-6-4-3-5-12(13)15(21)20(14)19-9-7-18(2)8-10-19/h3-6,11H,7-10H2,1-2H3. The van der Waals surface area contributed by atoms with E-state index in [0.717, 1.165) is 37.5 Å². The van der Waals surface area contributed by atoms with E-state index in [-0.39, 0.29) is 10.4 Å². The van der Waals surface area contributed by atoms with Crippen LogP contribution in [-0.4, -0.2) is 47.8 Å². The summed E-state index contributed by atoms with van der Waals surface area (Å²) in [6.45, 7) is 5.58. The fourth-order valence-electron chi connectivity index (χ4n) is 2.67. The minimum atomic E-state index is 0.0199. The third-order valence-electron chi connectivity index (χ3n) is 3.90. The molecule has 5 nitrogen and oxygen atoms in total. The lowest BCUT2D eigenvalue weighted by atomic mass is 10.2. The fourth-order valence-corrected chi connectivity index (χ4v) is 2.96. The smallest absolute Gasteiger partial charge is 0.280 e. The molecule has 0 bridgehead atoms. The van der Waals surface area contributed by atoms with Gasteiger partial charge in [-0.05, 0) is 26.1 Å². The molecule has 1 aromatic carbocycles. The number of hydrogen-bond acceptors (Lipinski definition) is 4. The SMILES string of the molecule is CC(Br)c1nc2ccccc2c(=O)n1N1CCN(C)CC1. The van der Waals surface area contributed by atoms with Crippen molar-refractivity contribution >= 4 is 26.8 Å². The Hall–Kier alpha value is -1.40. The van der Waals surface area contributed by atoms with Crippen molar-refractivity contribution in [3.63, 3.8) is 0 Å². The number of fused-ring (bicyclic) bond motifs is 1. The van der Waals surface area contributed by atoms with Crippen LogP contribution in [0.4, 0.5) is 0 Å².